The van der Waals surface area contributed by atoms with Crippen LogP contribution in [0.25, 0.3) is 0 Å². The first-order valence-electron chi connectivity index (χ1n) is 6.02. The second kappa shape index (κ2) is 4.62. The van der Waals surface area contributed by atoms with E-state index in [4.69, 9.17) is 4.74 Å². The lowest BCUT2D eigenvalue weighted by atomic mass is 9.91. The van der Waals surface area contributed by atoms with Crippen LogP contribution in [0.5, 0.6) is 0 Å². The molecular weight excluding hydrogens is 190 g/mol. The number of carbonyl (C=O) groups excluding carboxylic acids is 1. The molecule has 0 bridgehead atoms. The summed E-state index contributed by atoms with van der Waals surface area (Å²) in [6.45, 7) is 2.29. The van der Waals surface area contributed by atoms with Gasteiger partial charge in [0.15, 0.2) is 0 Å². The third-order valence-corrected chi connectivity index (χ3v) is 3.88. The monoisotopic (exact) mass is 211 g/mol. The van der Waals surface area contributed by atoms with Crippen LogP contribution in [0.3, 0.4) is 0 Å². The van der Waals surface area contributed by atoms with Gasteiger partial charge < -0.3 is 14.4 Å². The highest BCUT2D eigenvalue weighted by molar-refractivity contribution is 5.51. The van der Waals surface area contributed by atoms with E-state index in [1.807, 2.05) is 0 Å². The predicted octanol–water partition coefficient (Wildman–Crippen LogP) is 1.61. The third kappa shape index (κ3) is 2.58. The van der Waals surface area contributed by atoms with Crippen molar-refractivity contribution < 1.29 is 9.53 Å². The number of hydrogen-bond donors (Lipinski definition) is 0. The molecule has 3 heteroatoms. The van der Waals surface area contributed by atoms with Crippen molar-refractivity contribution in [2.75, 3.05) is 20.2 Å². The van der Waals surface area contributed by atoms with Crippen LogP contribution < -0.4 is 0 Å². The number of aldehydes is 1. The highest BCUT2D eigenvalue weighted by Gasteiger charge is 2.36. The molecular formula is C12H21NO2. The van der Waals surface area contributed by atoms with Gasteiger partial charge in [0.2, 0.25) is 0 Å². The molecule has 0 spiro atoms. The summed E-state index contributed by atoms with van der Waals surface area (Å²) in [4.78, 5) is 13.3. The molecule has 1 atom stereocenters. The Morgan fingerprint density at radius 2 is 2.20 bits per heavy atom. The van der Waals surface area contributed by atoms with Crippen molar-refractivity contribution in [2.24, 2.45) is 0 Å². The number of methoxy groups -OCH3 is 1. The van der Waals surface area contributed by atoms with E-state index in [1.54, 1.807) is 7.11 Å². The fourth-order valence-corrected chi connectivity index (χ4v) is 2.64. The van der Waals surface area contributed by atoms with Gasteiger partial charge in [0.1, 0.15) is 6.29 Å². The molecule has 2 rings (SSSR count). The van der Waals surface area contributed by atoms with E-state index in [0.717, 1.165) is 38.1 Å². The summed E-state index contributed by atoms with van der Waals surface area (Å²) >= 11 is 0. The van der Waals surface area contributed by atoms with E-state index in [1.165, 1.54) is 19.4 Å². The van der Waals surface area contributed by atoms with Crippen molar-refractivity contribution >= 4 is 6.29 Å². The predicted molar refractivity (Wildman–Crippen MR) is 58.9 cm³/mol. The quantitative estimate of drug-likeness (QED) is 0.662. The van der Waals surface area contributed by atoms with Gasteiger partial charge in [-0.05, 0) is 38.6 Å². The van der Waals surface area contributed by atoms with Gasteiger partial charge in [0.25, 0.3) is 0 Å². The first kappa shape index (κ1) is 11.1. The maximum absolute atomic E-state index is 10.7. The number of nitrogens with zero attached hydrogens (tertiary/aromatic N) is 1. The zero-order valence-electron chi connectivity index (χ0n) is 9.58. The Labute approximate surface area is 91.8 Å². The molecule has 0 radical (unpaired) electrons. The fourth-order valence-electron chi connectivity index (χ4n) is 2.64. The SMILES string of the molecule is COC1(CC=O)CCCN(C2CC2)CC1. The van der Waals surface area contributed by atoms with Gasteiger partial charge in [-0.25, -0.2) is 0 Å². The first-order valence-corrected chi connectivity index (χ1v) is 6.02. The van der Waals surface area contributed by atoms with Crippen molar-refractivity contribution in [3.8, 4) is 0 Å². The fraction of sp³-hybridized carbons (Fsp3) is 0.917. The lowest BCUT2D eigenvalue weighted by Crippen LogP contribution is -2.34. The zero-order valence-corrected chi connectivity index (χ0v) is 9.58. The molecule has 0 aromatic rings. The molecule has 1 saturated carbocycles. The molecule has 0 N–H and O–H groups in total. The van der Waals surface area contributed by atoms with Crippen molar-refractivity contribution in [1.82, 2.24) is 4.90 Å². The molecule has 0 aromatic heterocycles. The summed E-state index contributed by atoms with van der Waals surface area (Å²) in [6.07, 6.45) is 7.52. The van der Waals surface area contributed by atoms with Crippen LogP contribution in [0.1, 0.15) is 38.5 Å². The molecule has 1 aliphatic heterocycles. The maximum Gasteiger partial charge on any atom is 0.122 e. The number of rotatable bonds is 4. The van der Waals surface area contributed by atoms with Crippen LogP contribution in [-0.4, -0.2) is 43.0 Å². The van der Waals surface area contributed by atoms with Crippen LogP contribution >= 0.6 is 0 Å². The number of hydrogen-bond acceptors (Lipinski definition) is 3. The first-order chi connectivity index (χ1) is 7.29. The van der Waals surface area contributed by atoms with E-state index in [-0.39, 0.29) is 5.60 Å². The smallest absolute Gasteiger partial charge is 0.122 e. The molecule has 3 nitrogen and oxygen atoms in total. The van der Waals surface area contributed by atoms with Gasteiger partial charge in [-0.2, -0.15) is 0 Å². The van der Waals surface area contributed by atoms with Gasteiger partial charge in [-0.3, -0.25) is 0 Å². The van der Waals surface area contributed by atoms with Gasteiger partial charge in [-0.15, -0.1) is 0 Å². The molecule has 1 saturated heterocycles. The van der Waals surface area contributed by atoms with Crippen LogP contribution in [0.2, 0.25) is 0 Å². The number of likely N-dealkylation sites (tertiary alicyclic amines) is 1. The van der Waals surface area contributed by atoms with E-state index >= 15 is 0 Å². The third-order valence-electron chi connectivity index (χ3n) is 3.88. The Hall–Kier alpha value is -0.410. The van der Waals surface area contributed by atoms with Gasteiger partial charge >= 0.3 is 0 Å². The largest absolute Gasteiger partial charge is 0.378 e. The summed E-state index contributed by atoms with van der Waals surface area (Å²) in [7, 11) is 1.75. The molecule has 1 unspecified atom stereocenters. The van der Waals surface area contributed by atoms with E-state index < -0.39 is 0 Å². The van der Waals surface area contributed by atoms with Crippen molar-refractivity contribution in [3.05, 3.63) is 0 Å². The lowest BCUT2D eigenvalue weighted by molar-refractivity contribution is -0.114. The average molecular weight is 211 g/mol. The minimum Gasteiger partial charge on any atom is -0.378 e. The van der Waals surface area contributed by atoms with Crippen molar-refractivity contribution in [3.63, 3.8) is 0 Å². The highest BCUT2D eigenvalue weighted by Crippen LogP contribution is 2.33. The Kier molecular flexibility index (Phi) is 3.42. The Morgan fingerprint density at radius 3 is 2.80 bits per heavy atom. The highest BCUT2D eigenvalue weighted by atomic mass is 16.5. The van der Waals surface area contributed by atoms with Crippen LogP contribution in [-0.2, 0) is 9.53 Å². The molecule has 1 heterocycles. The summed E-state index contributed by atoms with van der Waals surface area (Å²) in [6, 6.07) is 0.842. The summed E-state index contributed by atoms with van der Waals surface area (Å²) < 4.78 is 5.59. The van der Waals surface area contributed by atoms with Gasteiger partial charge in [0, 0.05) is 26.1 Å². The zero-order chi connectivity index (χ0) is 10.7. The minimum atomic E-state index is -0.161. The molecule has 2 aliphatic rings. The standard InChI is InChI=1S/C12H21NO2/c1-15-12(7-10-14)5-2-8-13(9-6-12)11-3-4-11/h10-11H,2-9H2,1H3. The number of ether oxygens (including phenoxy) is 1. The normalized spacial score (nSPS) is 33.7. The molecule has 1 aliphatic carbocycles. The van der Waals surface area contributed by atoms with Crippen molar-refractivity contribution in [1.29, 1.82) is 0 Å². The molecule has 0 amide bonds. The average Bonchev–Trinajstić information content (AvgIpc) is 3.04. The summed E-state index contributed by atoms with van der Waals surface area (Å²) in [5.41, 5.74) is -0.161. The molecule has 86 valence electrons. The second-order valence-electron chi connectivity index (χ2n) is 4.88. The topological polar surface area (TPSA) is 29.5 Å². The minimum absolute atomic E-state index is 0.161. The van der Waals surface area contributed by atoms with Crippen LogP contribution in [0.4, 0.5) is 0 Å². The Morgan fingerprint density at radius 1 is 1.40 bits per heavy atom. The maximum atomic E-state index is 10.7. The molecule has 2 fully saturated rings. The van der Waals surface area contributed by atoms with Crippen molar-refractivity contribution in [2.45, 2.75) is 50.2 Å². The van der Waals surface area contributed by atoms with E-state index in [2.05, 4.69) is 4.90 Å². The summed E-state index contributed by atoms with van der Waals surface area (Å²) in [5, 5.41) is 0. The second-order valence-corrected chi connectivity index (χ2v) is 4.88. The Bertz CT molecular complexity index is 228. The number of carbonyl (C=O) groups is 1. The molecule has 0 aromatic carbocycles. The lowest BCUT2D eigenvalue weighted by Gasteiger charge is -2.29. The summed E-state index contributed by atoms with van der Waals surface area (Å²) in [5.74, 6) is 0. The van der Waals surface area contributed by atoms with Crippen LogP contribution in [0, 0.1) is 0 Å². The van der Waals surface area contributed by atoms with E-state index in [0.29, 0.717) is 6.42 Å². The van der Waals surface area contributed by atoms with Gasteiger partial charge in [0.05, 0.1) is 5.60 Å². The Balaban J connectivity index is 1.93. The molecule has 15 heavy (non-hydrogen) atoms. The van der Waals surface area contributed by atoms with Crippen LogP contribution in [0.15, 0.2) is 0 Å². The van der Waals surface area contributed by atoms with Gasteiger partial charge in [-0.1, -0.05) is 0 Å². The van der Waals surface area contributed by atoms with E-state index in [9.17, 15) is 4.79 Å².